The predicted molar refractivity (Wildman–Crippen MR) is 101 cm³/mol. The molecule has 1 atom stereocenters. The molecule has 2 aromatic heterocycles. The van der Waals surface area contributed by atoms with Crippen LogP contribution in [0.25, 0.3) is 10.9 Å². The number of nitrogens with one attached hydrogen (secondary N) is 1. The van der Waals surface area contributed by atoms with E-state index < -0.39 is 0 Å². The summed E-state index contributed by atoms with van der Waals surface area (Å²) in [6.07, 6.45) is 0. The molecule has 5 heteroatoms. The maximum Gasteiger partial charge on any atom is 0.340 e. The van der Waals surface area contributed by atoms with Crippen molar-refractivity contribution in [2.24, 2.45) is 0 Å². The average Bonchev–Trinajstić information content (AvgIpc) is 2.99. The van der Waals surface area contributed by atoms with Gasteiger partial charge in [-0.3, -0.25) is 0 Å². The molecule has 130 valence electrons. The minimum absolute atomic E-state index is 0.314. The summed E-state index contributed by atoms with van der Waals surface area (Å²) in [6, 6.07) is 10.1. The van der Waals surface area contributed by atoms with Crippen LogP contribution in [0.3, 0.4) is 0 Å². The Bertz CT molecular complexity index is 917. The summed E-state index contributed by atoms with van der Waals surface area (Å²) in [7, 11) is 3.55. The fourth-order valence-corrected chi connectivity index (χ4v) is 4.17. The van der Waals surface area contributed by atoms with Gasteiger partial charge < -0.3 is 9.64 Å². The Hall–Kier alpha value is -2.24. The first-order valence-electron chi connectivity index (χ1n) is 8.32. The molecule has 1 aromatic carbocycles. The van der Waals surface area contributed by atoms with Gasteiger partial charge >= 0.3 is 5.97 Å². The van der Waals surface area contributed by atoms with E-state index in [0.717, 1.165) is 28.7 Å². The van der Waals surface area contributed by atoms with Gasteiger partial charge in [-0.2, -0.15) is 0 Å². The lowest BCUT2D eigenvalue weighted by Gasteiger charge is -2.17. The second-order valence-electron chi connectivity index (χ2n) is 6.40. The number of ether oxygens (including phenoxy) is 1. The van der Waals surface area contributed by atoms with Gasteiger partial charge in [0, 0.05) is 5.39 Å². The molecular formula is C20H23N2O2S+. The van der Waals surface area contributed by atoms with Crippen LogP contribution >= 0.6 is 11.3 Å². The molecule has 0 amide bonds. The standard InChI is InChI=1S/C20H22N2O2S/c1-13-9-10-25-18(13)12-22(3)11-17-19(20(23)24-4)14(2)15-7-5-6-8-16(15)21-17/h5-10H,11-12H2,1-4H3/p+1. The molecule has 1 unspecified atom stereocenters. The number of aromatic nitrogens is 1. The SMILES string of the molecule is COC(=O)c1c(C[NH+](C)Cc2sccc2C)nc2ccccc2c1C. The molecule has 0 spiro atoms. The first kappa shape index (κ1) is 17.6. The van der Waals surface area contributed by atoms with Gasteiger partial charge in [0.15, 0.2) is 0 Å². The van der Waals surface area contributed by atoms with E-state index in [1.807, 2.05) is 31.2 Å². The smallest absolute Gasteiger partial charge is 0.340 e. The van der Waals surface area contributed by atoms with Crippen molar-refractivity contribution in [2.45, 2.75) is 26.9 Å². The Morgan fingerprint density at radius 3 is 2.64 bits per heavy atom. The zero-order valence-corrected chi connectivity index (χ0v) is 15.9. The highest BCUT2D eigenvalue weighted by Crippen LogP contribution is 2.23. The highest BCUT2D eigenvalue weighted by atomic mass is 32.1. The number of fused-ring (bicyclic) bond motifs is 1. The van der Waals surface area contributed by atoms with Gasteiger partial charge in [0.2, 0.25) is 0 Å². The number of hydrogen-bond acceptors (Lipinski definition) is 4. The molecule has 0 aliphatic heterocycles. The van der Waals surface area contributed by atoms with Crippen LogP contribution in [0.15, 0.2) is 35.7 Å². The number of quaternary nitrogens is 1. The zero-order valence-electron chi connectivity index (χ0n) is 15.1. The molecular weight excluding hydrogens is 332 g/mol. The van der Waals surface area contributed by atoms with Crippen molar-refractivity contribution < 1.29 is 14.4 Å². The van der Waals surface area contributed by atoms with Crippen molar-refractivity contribution >= 4 is 28.2 Å². The maximum atomic E-state index is 12.4. The average molecular weight is 355 g/mol. The topological polar surface area (TPSA) is 43.6 Å². The second kappa shape index (κ2) is 7.33. The summed E-state index contributed by atoms with van der Waals surface area (Å²) < 4.78 is 5.03. The highest BCUT2D eigenvalue weighted by Gasteiger charge is 2.22. The van der Waals surface area contributed by atoms with Crippen molar-refractivity contribution in [3.63, 3.8) is 0 Å². The molecule has 0 radical (unpaired) electrons. The number of esters is 1. The van der Waals surface area contributed by atoms with Crippen LogP contribution in [0.2, 0.25) is 0 Å². The number of benzene rings is 1. The molecule has 0 saturated heterocycles. The lowest BCUT2D eigenvalue weighted by molar-refractivity contribution is -0.907. The van der Waals surface area contributed by atoms with Crippen LogP contribution in [0.1, 0.15) is 32.1 Å². The first-order valence-corrected chi connectivity index (χ1v) is 9.20. The summed E-state index contributed by atoms with van der Waals surface area (Å²) >= 11 is 1.78. The Morgan fingerprint density at radius 2 is 1.96 bits per heavy atom. The fourth-order valence-electron chi connectivity index (χ4n) is 3.15. The van der Waals surface area contributed by atoms with E-state index in [4.69, 9.17) is 9.72 Å². The number of carbonyl (C=O) groups is 1. The van der Waals surface area contributed by atoms with Gasteiger partial charge in [-0.05, 0) is 42.5 Å². The summed E-state index contributed by atoms with van der Waals surface area (Å²) in [5, 5.41) is 3.12. The maximum absolute atomic E-state index is 12.4. The van der Waals surface area contributed by atoms with E-state index in [0.29, 0.717) is 12.1 Å². The number of aryl methyl sites for hydroxylation is 2. The van der Waals surface area contributed by atoms with Crippen LogP contribution in [0, 0.1) is 13.8 Å². The number of carbonyl (C=O) groups excluding carboxylic acids is 1. The Kier molecular flexibility index (Phi) is 5.16. The number of nitrogens with zero attached hydrogens (tertiary/aromatic N) is 1. The molecule has 1 N–H and O–H groups in total. The third-order valence-corrected chi connectivity index (χ3v) is 5.54. The first-order chi connectivity index (χ1) is 12.0. The molecule has 3 rings (SSSR count). The van der Waals surface area contributed by atoms with Gasteiger partial charge in [-0.25, -0.2) is 9.78 Å². The largest absolute Gasteiger partial charge is 0.465 e. The Labute approximate surface area is 152 Å². The number of methoxy groups -OCH3 is 1. The van der Waals surface area contributed by atoms with Gasteiger partial charge in [0.25, 0.3) is 0 Å². The quantitative estimate of drug-likeness (QED) is 0.716. The lowest BCUT2D eigenvalue weighted by Crippen LogP contribution is -3.06. The molecule has 0 bridgehead atoms. The van der Waals surface area contributed by atoms with E-state index >= 15 is 0 Å². The van der Waals surface area contributed by atoms with Crippen LogP contribution in [0.5, 0.6) is 0 Å². The van der Waals surface area contributed by atoms with Crippen molar-refractivity contribution in [1.82, 2.24) is 4.98 Å². The van der Waals surface area contributed by atoms with Crippen LogP contribution < -0.4 is 4.90 Å². The Balaban J connectivity index is 1.99. The molecule has 0 saturated carbocycles. The van der Waals surface area contributed by atoms with E-state index in [9.17, 15) is 4.79 Å². The molecule has 3 aromatic rings. The minimum atomic E-state index is -0.314. The number of pyridine rings is 1. The summed E-state index contributed by atoms with van der Waals surface area (Å²) in [6.45, 7) is 5.70. The van der Waals surface area contributed by atoms with Crippen molar-refractivity contribution in [1.29, 1.82) is 0 Å². The normalized spacial score (nSPS) is 12.3. The zero-order chi connectivity index (χ0) is 18.0. The second-order valence-corrected chi connectivity index (χ2v) is 7.41. The molecule has 0 aliphatic rings. The molecule has 2 heterocycles. The summed E-state index contributed by atoms with van der Waals surface area (Å²) in [5.41, 5.74) is 4.58. The number of thiophene rings is 1. The summed E-state index contributed by atoms with van der Waals surface area (Å²) in [5.74, 6) is -0.314. The monoisotopic (exact) mass is 355 g/mol. The van der Waals surface area contributed by atoms with Gasteiger partial charge in [0.1, 0.15) is 18.8 Å². The molecule has 0 aliphatic carbocycles. The van der Waals surface area contributed by atoms with E-state index in [2.05, 4.69) is 25.4 Å². The van der Waals surface area contributed by atoms with Gasteiger partial charge in [0.05, 0.1) is 30.1 Å². The summed E-state index contributed by atoms with van der Waals surface area (Å²) in [4.78, 5) is 19.8. The number of rotatable bonds is 5. The van der Waals surface area contributed by atoms with E-state index in [1.54, 1.807) is 11.3 Å². The molecule has 25 heavy (non-hydrogen) atoms. The predicted octanol–water partition coefficient (Wildman–Crippen LogP) is 2.91. The lowest BCUT2D eigenvalue weighted by atomic mass is 10.0. The van der Waals surface area contributed by atoms with Gasteiger partial charge in [-0.1, -0.05) is 18.2 Å². The highest BCUT2D eigenvalue weighted by molar-refractivity contribution is 7.10. The minimum Gasteiger partial charge on any atom is -0.465 e. The van der Waals surface area contributed by atoms with Crippen LogP contribution in [-0.2, 0) is 17.8 Å². The third-order valence-electron chi connectivity index (χ3n) is 4.52. The number of para-hydroxylation sites is 1. The van der Waals surface area contributed by atoms with Crippen molar-refractivity contribution in [2.75, 3.05) is 14.2 Å². The van der Waals surface area contributed by atoms with Crippen LogP contribution in [0.4, 0.5) is 0 Å². The fraction of sp³-hybridized carbons (Fsp3) is 0.300. The van der Waals surface area contributed by atoms with Crippen LogP contribution in [-0.4, -0.2) is 25.1 Å². The van der Waals surface area contributed by atoms with Crippen molar-refractivity contribution in [3.05, 3.63) is 63.0 Å². The third kappa shape index (κ3) is 3.57. The van der Waals surface area contributed by atoms with Gasteiger partial charge in [-0.15, -0.1) is 11.3 Å². The Morgan fingerprint density at radius 1 is 1.20 bits per heavy atom. The van der Waals surface area contributed by atoms with Crippen molar-refractivity contribution in [3.8, 4) is 0 Å². The van der Waals surface area contributed by atoms with E-state index in [-0.39, 0.29) is 5.97 Å². The van der Waals surface area contributed by atoms with E-state index in [1.165, 1.54) is 22.5 Å². The molecule has 0 fully saturated rings. The number of hydrogen-bond donors (Lipinski definition) is 1. The molecule has 4 nitrogen and oxygen atoms in total.